The van der Waals surface area contributed by atoms with Crippen molar-refractivity contribution in [1.29, 1.82) is 0 Å². The van der Waals surface area contributed by atoms with Crippen LogP contribution in [0.25, 0.3) is 10.9 Å². The van der Waals surface area contributed by atoms with Crippen molar-refractivity contribution < 1.29 is 14.3 Å². The third-order valence-corrected chi connectivity index (χ3v) is 4.95. The normalized spacial score (nSPS) is 10.9. The number of ether oxygens (including phenoxy) is 2. The Morgan fingerprint density at radius 1 is 1.03 bits per heavy atom. The number of benzene rings is 2. The molecule has 2 N–H and O–H groups in total. The number of fused-ring (bicyclic) bond motifs is 1. The monoisotopic (exact) mass is 423 g/mol. The maximum Gasteiger partial charge on any atom is 0.221 e. The van der Waals surface area contributed by atoms with Crippen molar-refractivity contribution in [3.05, 3.63) is 42.7 Å². The van der Waals surface area contributed by atoms with E-state index in [1.165, 1.54) is 13.3 Å². The van der Waals surface area contributed by atoms with Crippen molar-refractivity contribution in [3.8, 4) is 11.5 Å². The van der Waals surface area contributed by atoms with E-state index in [4.69, 9.17) is 9.47 Å². The molecule has 0 bridgehead atoms. The van der Waals surface area contributed by atoms with E-state index in [-0.39, 0.29) is 5.91 Å². The summed E-state index contributed by atoms with van der Waals surface area (Å²) in [5.74, 6) is 1.84. The number of carbonyl (C=O) groups is 1. The van der Waals surface area contributed by atoms with Gasteiger partial charge in [-0.15, -0.1) is 0 Å². The molecule has 2 aromatic carbocycles. The maximum absolute atomic E-state index is 11.2. The first kappa shape index (κ1) is 22.3. The molecular weight excluding hydrogens is 394 g/mol. The minimum absolute atomic E-state index is 0.107. The van der Waals surface area contributed by atoms with E-state index in [9.17, 15) is 4.79 Å². The molecule has 31 heavy (non-hydrogen) atoms. The van der Waals surface area contributed by atoms with E-state index < -0.39 is 0 Å². The Labute approximate surface area is 182 Å². The highest BCUT2D eigenvalue weighted by Crippen LogP contribution is 2.34. The van der Waals surface area contributed by atoms with E-state index in [1.54, 1.807) is 7.11 Å². The first-order valence-electron chi connectivity index (χ1n) is 10.4. The Balaban J connectivity index is 1.81. The zero-order valence-corrected chi connectivity index (χ0v) is 18.4. The van der Waals surface area contributed by atoms with Crippen LogP contribution in [0.5, 0.6) is 11.5 Å². The average molecular weight is 424 g/mol. The molecule has 0 aliphatic heterocycles. The molecule has 0 spiro atoms. The van der Waals surface area contributed by atoms with Crippen LogP contribution in [0.15, 0.2) is 42.7 Å². The number of anilines is 3. The summed E-state index contributed by atoms with van der Waals surface area (Å²) < 4.78 is 11.6. The third-order valence-electron chi connectivity index (χ3n) is 4.95. The smallest absolute Gasteiger partial charge is 0.221 e. The van der Waals surface area contributed by atoms with Gasteiger partial charge in [-0.3, -0.25) is 4.79 Å². The molecule has 1 aromatic heterocycles. The molecule has 0 aliphatic carbocycles. The molecule has 0 saturated heterocycles. The van der Waals surface area contributed by atoms with E-state index in [0.717, 1.165) is 41.9 Å². The van der Waals surface area contributed by atoms with E-state index >= 15 is 0 Å². The summed E-state index contributed by atoms with van der Waals surface area (Å²) in [6, 6.07) is 11.2. The molecule has 1 heterocycles. The summed E-state index contributed by atoms with van der Waals surface area (Å²) in [6.07, 6.45) is 1.52. The third kappa shape index (κ3) is 5.82. The van der Waals surface area contributed by atoms with Crippen LogP contribution >= 0.6 is 0 Å². The van der Waals surface area contributed by atoms with E-state index in [0.29, 0.717) is 23.9 Å². The van der Waals surface area contributed by atoms with Crippen molar-refractivity contribution >= 4 is 34.0 Å². The van der Waals surface area contributed by atoms with E-state index in [2.05, 4.69) is 39.3 Å². The predicted octanol–water partition coefficient (Wildman–Crippen LogP) is 4.06. The van der Waals surface area contributed by atoms with Gasteiger partial charge in [0, 0.05) is 36.3 Å². The fourth-order valence-electron chi connectivity index (χ4n) is 3.24. The molecule has 0 fully saturated rings. The molecule has 3 aromatic rings. The Bertz CT molecular complexity index is 1020. The van der Waals surface area contributed by atoms with Gasteiger partial charge in [-0.25, -0.2) is 9.97 Å². The predicted molar refractivity (Wildman–Crippen MR) is 123 cm³/mol. The van der Waals surface area contributed by atoms with E-state index in [1.807, 2.05) is 36.4 Å². The van der Waals surface area contributed by atoms with Gasteiger partial charge in [0.25, 0.3) is 0 Å². The van der Waals surface area contributed by atoms with Crippen LogP contribution in [0.3, 0.4) is 0 Å². The van der Waals surface area contributed by atoms with Crippen LogP contribution in [0.4, 0.5) is 17.2 Å². The van der Waals surface area contributed by atoms with Gasteiger partial charge >= 0.3 is 0 Å². The topological polar surface area (TPSA) is 88.6 Å². The molecule has 8 nitrogen and oxygen atoms in total. The van der Waals surface area contributed by atoms with Gasteiger partial charge in [0.05, 0.1) is 12.6 Å². The zero-order valence-electron chi connectivity index (χ0n) is 18.4. The van der Waals surface area contributed by atoms with Crippen LogP contribution in [-0.4, -0.2) is 54.1 Å². The molecule has 3 rings (SSSR count). The maximum atomic E-state index is 11.2. The highest BCUT2D eigenvalue weighted by molar-refractivity contribution is 5.93. The summed E-state index contributed by atoms with van der Waals surface area (Å²) >= 11 is 0. The number of methoxy groups -OCH3 is 1. The number of carbonyl (C=O) groups excluding carboxylic acids is 1. The lowest BCUT2D eigenvalue weighted by Gasteiger charge is -2.19. The fraction of sp³-hybridized carbons (Fsp3) is 0.348. The second kappa shape index (κ2) is 10.6. The average Bonchev–Trinajstić information content (AvgIpc) is 2.77. The highest BCUT2D eigenvalue weighted by Gasteiger charge is 2.12. The van der Waals surface area contributed by atoms with Crippen molar-refractivity contribution in [1.82, 2.24) is 14.9 Å². The van der Waals surface area contributed by atoms with Crippen LogP contribution in [0.1, 0.15) is 20.8 Å². The zero-order chi connectivity index (χ0) is 22.2. The number of amides is 1. The second-order valence-corrected chi connectivity index (χ2v) is 7.00. The largest absolute Gasteiger partial charge is 0.493 e. The van der Waals surface area contributed by atoms with Crippen molar-refractivity contribution in [2.75, 3.05) is 44.0 Å². The molecule has 164 valence electrons. The Morgan fingerprint density at radius 3 is 2.39 bits per heavy atom. The summed E-state index contributed by atoms with van der Waals surface area (Å²) in [5.41, 5.74) is 2.33. The Hall–Kier alpha value is -3.39. The SMILES string of the molecule is CCN(CC)CCOc1cc2ncnc(Nc3ccc(NC(C)=O)cc3)c2cc1OC. The lowest BCUT2D eigenvalue weighted by Crippen LogP contribution is -2.27. The summed E-state index contributed by atoms with van der Waals surface area (Å²) in [4.78, 5) is 22.3. The molecule has 0 aliphatic rings. The number of rotatable bonds is 10. The van der Waals surface area contributed by atoms with Crippen LogP contribution < -0.4 is 20.1 Å². The first-order valence-corrected chi connectivity index (χ1v) is 10.4. The highest BCUT2D eigenvalue weighted by atomic mass is 16.5. The quantitative estimate of drug-likeness (QED) is 0.508. The summed E-state index contributed by atoms with van der Waals surface area (Å²) in [7, 11) is 1.62. The van der Waals surface area contributed by atoms with Crippen molar-refractivity contribution in [3.63, 3.8) is 0 Å². The first-order chi connectivity index (χ1) is 15.0. The molecule has 8 heteroatoms. The van der Waals surface area contributed by atoms with Crippen LogP contribution in [0.2, 0.25) is 0 Å². The number of nitrogens with zero attached hydrogens (tertiary/aromatic N) is 3. The molecule has 1 amide bonds. The molecule has 0 radical (unpaired) electrons. The van der Waals surface area contributed by atoms with Gasteiger partial charge in [-0.2, -0.15) is 0 Å². The lowest BCUT2D eigenvalue weighted by atomic mass is 10.2. The van der Waals surface area contributed by atoms with Gasteiger partial charge < -0.3 is 25.0 Å². The second-order valence-electron chi connectivity index (χ2n) is 7.00. The minimum Gasteiger partial charge on any atom is -0.493 e. The Kier molecular flexibility index (Phi) is 7.61. The van der Waals surface area contributed by atoms with Gasteiger partial charge in [0.1, 0.15) is 18.8 Å². The Morgan fingerprint density at radius 2 is 1.74 bits per heavy atom. The molecule has 0 saturated carbocycles. The number of likely N-dealkylation sites (N-methyl/N-ethyl adjacent to an activating group) is 1. The fourth-order valence-corrected chi connectivity index (χ4v) is 3.24. The van der Waals surface area contributed by atoms with Gasteiger partial charge in [0.2, 0.25) is 5.91 Å². The minimum atomic E-state index is -0.107. The van der Waals surface area contributed by atoms with Crippen molar-refractivity contribution in [2.24, 2.45) is 0 Å². The number of nitrogens with one attached hydrogen (secondary N) is 2. The standard InChI is InChI=1S/C23H29N5O3/c1-5-28(6-2)11-12-31-22-14-20-19(13-21(22)30-4)23(25-15-24-20)27-18-9-7-17(8-10-18)26-16(3)29/h7-10,13-15H,5-6,11-12H2,1-4H3,(H,26,29)(H,24,25,27). The van der Waals surface area contributed by atoms with Crippen LogP contribution in [-0.2, 0) is 4.79 Å². The number of hydrogen-bond donors (Lipinski definition) is 2. The molecular formula is C23H29N5O3. The molecule has 0 unspecified atom stereocenters. The number of hydrogen-bond acceptors (Lipinski definition) is 7. The molecule has 0 atom stereocenters. The van der Waals surface area contributed by atoms with Gasteiger partial charge in [-0.1, -0.05) is 13.8 Å². The van der Waals surface area contributed by atoms with Crippen LogP contribution in [0, 0.1) is 0 Å². The summed E-state index contributed by atoms with van der Waals surface area (Å²) in [5, 5.41) is 6.88. The van der Waals surface area contributed by atoms with Crippen molar-refractivity contribution in [2.45, 2.75) is 20.8 Å². The van der Waals surface area contributed by atoms with Gasteiger partial charge in [-0.05, 0) is 43.4 Å². The van der Waals surface area contributed by atoms with Gasteiger partial charge in [0.15, 0.2) is 11.5 Å². The summed E-state index contributed by atoms with van der Waals surface area (Å²) in [6.45, 7) is 9.15. The lowest BCUT2D eigenvalue weighted by molar-refractivity contribution is -0.114. The number of aromatic nitrogens is 2.